The Labute approximate surface area is 237 Å². The molecule has 212 valence electrons. The van der Waals surface area contributed by atoms with Gasteiger partial charge in [-0.3, -0.25) is 4.79 Å². The lowest BCUT2D eigenvalue weighted by Crippen LogP contribution is -2.43. The monoisotopic (exact) mass is 572 g/mol. The van der Waals surface area contributed by atoms with Gasteiger partial charge >= 0.3 is 0 Å². The molecule has 0 atom stereocenters. The van der Waals surface area contributed by atoms with E-state index < -0.39 is 10.0 Å². The molecule has 7 nitrogen and oxygen atoms in total. The van der Waals surface area contributed by atoms with Crippen LogP contribution in [-0.4, -0.2) is 57.4 Å². The number of benzene rings is 2. The molecule has 0 saturated carbocycles. The minimum Gasteiger partial charge on any atom is -0.493 e. The minimum atomic E-state index is -3.86. The molecule has 1 heterocycles. The van der Waals surface area contributed by atoms with E-state index in [-0.39, 0.29) is 19.0 Å². The molecular weight excluding hydrogens is 532 g/mol. The maximum atomic E-state index is 13.8. The van der Waals surface area contributed by atoms with Crippen LogP contribution in [0.15, 0.2) is 47.4 Å². The Kier molecular flexibility index (Phi) is 10.6. The van der Waals surface area contributed by atoms with Gasteiger partial charge in [0.1, 0.15) is 0 Å². The summed E-state index contributed by atoms with van der Waals surface area (Å²) in [4.78, 5) is 18.0. The number of hydrogen-bond acceptors (Lipinski definition) is 6. The molecule has 0 fully saturated rings. The van der Waals surface area contributed by atoms with Gasteiger partial charge in [-0.1, -0.05) is 30.7 Å². The number of rotatable bonds is 13. The number of amides is 1. The summed E-state index contributed by atoms with van der Waals surface area (Å²) in [5.74, 6) is 1.05. The van der Waals surface area contributed by atoms with E-state index in [2.05, 4.69) is 0 Å². The molecule has 0 saturated heterocycles. The number of methoxy groups -OCH3 is 2. The van der Waals surface area contributed by atoms with Crippen LogP contribution in [0, 0.1) is 27.7 Å². The Morgan fingerprint density at radius 3 is 2.13 bits per heavy atom. The number of ether oxygens (including phenoxy) is 2. The zero-order valence-corrected chi connectivity index (χ0v) is 25.7. The second-order valence-corrected chi connectivity index (χ2v) is 13.1. The van der Waals surface area contributed by atoms with Crippen LogP contribution in [0.4, 0.5) is 0 Å². The molecule has 39 heavy (non-hydrogen) atoms. The van der Waals surface area contributed by atoms with Gasteiger partial charge in [0.25, 0.3) is 0 Å². The van der Waals surface area contributed by atoms with Crippen LogP contribution in [0.25, 0.3) is 0 Å². The Bertz CT molecular complexity index is 1380. The van der Waals surface area contributed by atoms with E-state index >= 15 is 0 Å². The highest BCUT2D eigenvalue weighted by molar-refractivity contribution is 7.89. The number of carbonyl (C=O) groups is 1. The summed E-state index contributed by atoms with van der Waals surface area (Å²) in [7, 11) is -0.676. The fourth-order valence-corrected chi connectivity index (χ4v) is 7.64. The smallest absolute Gasteiger partial charge is 0.244 e. The Morgan fingerprint density at radius 1 is 0.897 bits per heavy atom. The van der Waals surface area contributed by atoms with Gasteiger partial charge in [0.05, 0.1) is 32.2 Å². The van der Waals surface area contributed by atoms with Gasteiger partial charge in [0.2, 0.25) is 15.9 Å². The lowest BCUT2D eigenvalue weighted by molar-refractivity contribution is -0.132. The van der Waals surface area contributed by atoms with Gasteiger partial charge in [-0.25, -0.2) is 8.42 Å². The highest BCUT2D eigenvalue weighted by Crippen LogP contribution is 2.29. The first-order chi connectivity index (χ1) is 18.5. The van der Waals surface area contributed by atoms with Crippen LogP contribution in [0.1, 0.15) is 45.4 Å². The summed E-state index contributed by atoms with van der Waals surface area (Å²) in [6, 6.07) is 13.5. The first-order valence-electron chi connectivity index (χ1n) is 13.1. The van der Waals surface area contributed by atoms with E-state index in [0.29, 0.717) is 53.5 Å². The van der Waals surface area contributed by atoms with Crippen molar-refractivity contribution >= 4 is 27.3 Å². The summed E-state index contributed by atoms with van der Waals surface area (Å²) in [6.45, 7) is 10.5. The molecule has 3 rings (SSSR count). The van der Waals surface area contributed by atoms with Crippen molar-refractivity contribution in [3.63, 3.8) is 0 Å². The van der Waals surface area contributed by atoms with E-state index in [1.807, 2.05) is 77.1 Å². The van der Waals surface area contributed by atoms with Crippen LogP contribution < -0.4 is 9.47 Å². The molecule has 3 aromatic rings. The zero-order valence-electron chi connectivity index (χ0n) is 24.0. The topological polar surface area (TPSA) is 76.2 Å². The van der Waals surface area contributed by atoms with Crippen molar-refractivity contribution in [2.24, 2.45) is 0 Å². The second-order valence-electron chi connectivity index (χ2n) is 9.83. The number of aryl methyl sites for hydroxylation is 4. The van der Waals surface area contributed by atoms with Crippen molar-refractivity contribution in [2.75, 3.05) is 33.9 Å². The largest absolute Gasteiger partial charge is 0.493 e. The van der Waals surface area contributed by atoms with Crippen molar-refractivity contribution in [1.29, 1.82) is 0 Å². The van der Waals surface area contributed by atoms with Gasteiger partial charge < -0.3 is 14.4 Å². The van der Waals surface area contributed by atoms with Gasteiger partial charge in [-0.15, -0.1) is 11.3 Å². The summed E-state index contributed by atoms with van der Waals surface area (Å²) in [5.41, 5.74) is 3.40. The Morgan fingerprint density at radius 2 is 1.56 bits per heavy atom. The highest BCUT2D eigenvalue weighted by Gasteiger charge is 2.30. The molecule has 0 bridgehead atoms. The molecule has 0 aliphatic heterocycles. The van der Waals surface area contributed by atoms with Crippen LogP contribution in [0.5, 0.6) is 11.5 Å². The third kappa shape index (κ3) is 7.62. The summed E-state index contributed by atoms with van der Waals surface area (Å²) >= 11 is 1.64. The van der Waals surface area contributed by atoms with Gasteiger partial charge in [0.15, 0.2) is 11.5 Å². The lowest BCUT2D eigenvalue weighted by atomic mass is 10.1. The SMILES string of the molecule is CCCN(CC(=O)N(CCc1ccc(OC)c(OC)c1)Cc1ccc(C)s1)S(=O)(=O)c1c(C)cc(C)cc1C. The van der Waals surface area contributed by atoms with E-state index in [1.54, 1.807) is 30.5 Å². The first kappa shape index (κ1) is 30.7. The van der Waals surface area contributed by atoms with E-state index in [4.69, 9.17) is 9.47 Å². The summed E-state index contributed by atoms with van der Waals surface area (Å²) in [6.07, 6.45) is 1.19. The second kappa shape index (κ2) is 13.5. The standard InChI is InChI=1S/C30H40N2O5S2/c1-8-14-32(39(34,35)30-22(3)16-21(2)17-23(30)4)20-29(33)31(19-26-11-9-24(5)38-26)15-13-25-10-12-27(36-6)28(18-25)37-7/h9-12,16-18H,8,13-15,19-20H2,1-7H3. The molecule has 1 amide bonds. The van der Waals surface area contributed by atoms with Crippen molar-refractivity contribution in [2.45, 2.75) is 58.9 Å². The molecule has 0 aliphatic rings. The Balaban J connectivity index is 1.88. The van der Waals surface area contributed by atoms with E-state index in [1.165, 1.54) is 4.31 Å². The maximum absolute atomic E-state index is 13.8. The van der Waals surface area contributed by atoms with Crippen LogP contribution in [0.3, 0.4) is 0 Å². The number of nitrogens with zero attached hydrogens (tertiary/aromatic N) is 2. The fraction of sp³-hybridized carbons (Fsp3) is 0.433. The summed E-state index contributed by atoms with van der Waals surface area (Å²) in [5, 5.41) is 0. The predicted octanol–water partition coefficient (Wildman–Crippen LogP) is 5.67. The van der Waals surface area contributed by atoms with Crippen LogP contribution >= 0.6 is 11.3 Å². The molecule has 0 aliphatic carbocycles. The maximum Gasteiger partial charge on any atom is 0.244 e. The van der Waals surface area contributed by atoms with Gasteiger partial charge in [-0.05, 0) is 81.5 Å². The van der Waals surface area contributed by atoms with Crippen molar-refractivity contribution in [1.82, 2.24) is 9.21 Å². The third-order valence-electron chi connectivity index (χ3n) is 6.60. The summed E-state index contributed by atoms with van der Waals surface area (Å²) < 4.78 is 39.8. The fourth-order valence-electron chi connectivity index (χ4n) is 4.84. The van der Waals surface area contributed by atoms with Crippen molar-refractivity contribution < 1.29 is 22.7 Å². The van der Waals surface area contributed by atoms with Gasteiger partial charge in [-0.2, -0.15) is 4.31 Å². The molecule has 0 radical (unpaired) electrons. The average Bonchev–Trinajstić information content (AvgIpc) is 3.29. The molecular formula is C30H40N2O5S2. The number of hydrogen-bond donors (Lipinski definition) is 0. The molecule has 1 aromatic heterocycles. The van der Waals surface area contributed by atoms with E-state index in [0.717, 1.165) is 20.9 Å². The molecule has 0 spiro atoms. The molecule has 2 aromatic carbocycles. The molecule has 0 unspecified atom stereocenters. The number of sulfonamides is 1. The lowest BCUT2D eigenvalue weighted by Gasteiger charge is -2.28. The van der Waals surface area contributed by atoms with Gasteiger partial charge in [0, 0.05) is 22.8 Å². The van der Waals surface area contributed by atoms with Crippen molar-refractivity contribution in [3.8, 4) is 11.5 Å². The quantitative estimate of drug-likeness (QED) is 0.264. The predicted molar refractivity (Wildman–Crippen MR) is 157 cm³/mol. The zero-order chi connectivity index (χ0) is 28.7. The number of carbonyl (C=O) groups excluding carboxylic acids is 1. The molecule has 0 N–H and O–H groups in total. The van der Waals surface area contributed by atoms with Crippen molar-refractivity contribution in [3.05, 3.63) is 74.5 Å². The number of thiophene rings is 1. The normalized spacial score (nSPS) is 11.6. The third-order valence-corrected chi connectivity index (χ3v) is 9.74. The van der Waals surface area contributed by atoms with Crippen LogP contribution in [0.2, 0.25) is 0 Å². The Hall–Kier alpha value is -2.88. The highest BCUT2D eigenvalue weighted by atomic mass is 32.2. The molecule has 9 heteroatoms. The first-order valence-corrected chi connectivity index (χ1v) is 15.4. The average molecular weight is 573 g/mol. The minimum absolute atomic E-state index is 0.209. The van der Waals surface area contributed by atoms with Crippen LogP contribution in [-0.2, 0) is 27.8 Å². The van der Waals surface area contributed by atoms with E-state index in [9.17, 15) is 13.2 Å².